The summed E-state index contributed by atoms with van der Waals surface area (Å²) >= 11 is 5.82. The van der Waals surface area contributed by atoms with Crippen molar-refractivity contribution in [1.82, 2.24) is 24.2 Å². The van der Waals surface area contributed by atoms with Crippen LogP contribution in [0.2, 0.25) is 5.02 Å². The average molecular weight is 362 g/mol. The van der Waals surface area contributed by atoms with Gasteiger partial charge in [-0.15, -0.1) is 0 Å². The Balaban J connectivity index is 1.94. The van der Waals surface area contributed by atoms with Gasteiger partial charge in [0.25, 0.3) is 5.91 Å². The van der Waals surface area contributed by atoms with E-state index in [2.05, 4.69) is 10.1 Å². The van der Waals surface area contributed by atoms with Gasteiger partial charge in [0.05, 0.1) is 6.54 Å². The fourth-order valence-corrected chi connectivity index (χ4v) is 2.85. The minimum Gasteiger partial charge on any atom is -0.337 e. The smallest absolute Gasteiger partial charge is 0.337 e. The Kier molecular flexibility index (Phi) is 4.06. The summed E-state index contributed by atoms with van der Waals surface area (Å²) in [5.74, 6) is 0.0700. The van der Waals surface area contributed by atoms with Crippen LogP contribution in [0.1, 0.15) is 34.8 Å². The highest BCUT2D eigenvalue weighted by atomic mass is 35.5. The Labute approximate surface area is 140 Å². The highest BCUT2D eigenvalue weighted by molar-refractivity contribution is 6.34. The van der Waals surface area contributed by atoms with Crippen LogP contribution in [-0.4, -0.2) is 36.2 Å². The molecule has 0 spiro atoms. The van der Waals surface area contributed by atoms with Crippen molar-refractivity contribution in [3.8, 4) is 0 Å². The van der Waals surface area contributed by atoms with Crippen molar-refractivity contribution in [2.24, 2.45) is 14.1 Å². The summed E-state index contributed by atoms with van der Waals surface area (Å²) in [6, 6.07) is -0.0190. The van der Waals surface area contributed by atoms with Crippen molar-refractivity contribution in [3.63, 3.8) is 0 Å². The minimum absolute atomic E-state index is 0.0190. The zero-order valence-electron chi connectivity index (χ0n) is 13.0. The Hall–Kier alpha value is -2.03. The number of aryl methyl sites for hydroxylation is 2. The second-order valence-corrected chi connectivity index (χ2v) is 6.13. The summed E-state index contributed by atoms with van der Waals surface area (Å²) in [4.78, 5) is 18.5. The second kappa shape index (κ2) is 5.80. The first kappa shape index (κ1) is 16.8. The van der Waals surface area contributed by atoms with Crippen molar-refractivity contribution in [2.45, 2.75) is 31.6 Å². The normalized spacial score (nSPS) is 14.9. The van der Waals surface area contributed by atoms with Gasteiger partial charge in [-0.3, -0.25) is 9.48 Å². The molecule has 0 bridgehead atoms. The van der Waals surface area contributed by atoms with Gasteiger partial charge in [-0.25, -0.2) is 4.98 Å². The number of imidazole rings is 1. The first-order valence-corrected chi connectivity index (χ1v) is 7.64. The third-order valence-corrected chi connectivity index (χ3v) is 4.30. The van der Waals surface area contributed by atoms with E-state index in [0.717, 1.165) is 17.5 Å². The Bertz CT molecular complexity index is 778. The van der Waals surface area contributed by atoms with Gasteiger partial charge in [-0.1, -0.05) is 11.6 Å². The molecule has 3 rings (SSSR count). The van der Waals surface area contributed by atoms with Crippen LogP contribution in [0.4, 0.5) is 13.2 Å². The topological polar surface area (TPSA) is 56.0 Å². The number of nitrogens with zero attached hydrogens (tertiary/aromatic N) is 5. The summed E-state index contributed by atoms with van der Waals surface area (Å²) < 4.78 is 41.5. The van der Waals surface area contributed by atoms with E-state index in [4.69, 9.17) is 11.6 Å². The molecule has 2 heterocycles. The first-order valence-electron chi connectivity index (χ1n) is 7.27. The van der Waals surface area contributed by atoms with Crippen molar-refractivity contribution in [2.75, 3.05) is 0 Å². The monoisotopic (exact) mass is 361 g/mol. The van der Waals surface area contributed by atoms with Crippen molar-refractivity contribution in [1.29, 1.82) is 0 Å². The lowest BCUT2D eigenvalue weighted by Gasteiger charge is -2.22. The van der Waals surface area contributed by atoms with Gasteiger partial charge in [0.2, 0.25) is 0 Å². The summed E-state index contributed by atoms with van der Waals surface area (Å²) in [6.45, 7) is 0.204. The third kappa shape index (κ3) is 3.00. The van der Waals surface area contributed by atoms with E-state index in [-0.39, 0.29) is 18.3 Å². The Morgan fingerprint density at radius 2 is 2.08 bits per heavy atom. The van der Waals surface area contributed by atoms with E-state index < -0.39 is 22.8 Å². The molecule has 1 aliphatic carbocycles. The molecule has 1 saturated carbocycles. The van der Waals surface area contributed by atoms with Crippen molar-refractivity contribution >= 4 is 17.5 Å². The van der Waals surface area contributed by atoms with Gasteiger partial charge in [-0.05, 0) is 12.8 Å². The first-order chi connectivity index (χ1) is 11.2. The molecule has 1 aliphatic rings. The van der Waals surface area contributed by atoms with Crippen LogP contribution in [0.3, 0.4) is 0 Å². The third-order valence-electron chi connectivity index (χ3n) is 3.94. The lowest BCUT2D eigenvalue weighted by Crippen LogP contribution is -2.35. The van der Waals surface area contributed by atoms with E-state index in [1.807, 2.05) is 0 Å². The van der Waals surface area contributed by atoms with Crippen molar-refractivity contribution in [3.05, 3.63) is 34.6 Å². The van der Waals surface area contributed by atoms with Gasteiger partial charge in [0, 0.05) is 32.5 Å². The summed E-state index contributed by atoms with van der Waals surface area (Å²) in [5.41, 5.74) is -1.51. The van der Waals surface area contributed by atoms with Gasteiger partial charge in [0.15, 0.2) is 5.69 Å². The number of alkyl halides is 3. The van der Waals surface area contributed by atoms with Crippen LogP contribution in [0.15, 0.2) is 12.4 Å². The zero-order valence-corrected chi connectivity index (χ0v) is 13.8. The molecule has 0 radical (unpaired) electrons. The maximum atomic E-state index is 12.9. The number of halogens is 4. The van der Waals surface area contributed by atoms with Gasteiger partial charge in [-0.2, -0.15) is 18.3 Å². The molecule has 0 saturated heterocycles. The minimum atomic E-state index is -4.71. The van der Waals surface area contributed by atoms with Crippen LogP contribution >= 0.6 is 11.6 Å². The number of hydrogen-bond donors (Lipinski definition) is 0. The largest absolute Gasteiger partial charge is 0.436 e. The molecule has 2 aromatic rings. The number of aromatic nitrogens is 4. The van der Waals surface area contributed by atoms with E-state index in [1.54, 1.807) is 24.0 Å². The molecule has 0 unspecified atom stereocenters. The van der Waals surface area contributed by atoms with Crippen LogP contribution < -0.4 is 0 Å². The molecule has 1 amide bonds. The van der Waals surface area contributed by atoms with E-state index in [9.17, 15) is 18.0 Å². The lowest BCUT2D eigenvalue weighted by atomic mass is 10.3. The highest BCUT2D eigenvalue weighted by Crippen LogP contribution is 2.37. The number of carbonyl (C=O) groups excluding carboxylic acids is 1. The SMILES string of the molecule is Cn1ccnc1CN(C(=O)c1c(Cl)c(C(F)(F)F)nn1C)C1CC1. The molecule has 6 nitrogen and oxygen atoms in total. The highest BCUT2D eigenvalue weighted by Gasteiger charge is 2.42. The molecule has 10 heteroatoms. The number of amides is 1. The quantitative estimate of drug-likeness (QED) is 0.841. The zero-order chi connectivity index (χ0) is 17.6. The summed E-state index contributed by atoms with van der Waals surface area (Å²) in [7, 11) is 3.07. The molecule has 0 aliphatic heterocycles. The van der Waals surface area contributed by atoms with E-state index in [0.29, 0.717) is 5.82 Å². The molecule has 0 aromatic carbocycles. The fourth-order valence-electron chi connectivity index (χ4n) is 2.50. The predicted octanol–water partition coefficient (Wildman–Crippen LogP) is 2.63. The van der Waals surface area contributed by atoms with Crippen LogP contribution in [0.25, 0.3) is 0 Å². The predicted molar refractivity (Wildman–Crippen MR) is 79.3 cm³/mol. The standard InChI is InChI=1S/C14H15ClF3N5O/c1-21-6-5-19-9(21)7-23(8-3-4-8)13(24)11-10(15)12(14(16,17)18)20-22(11)2/h5-6,8H,3-4,7H2,1-2H3. The van der Waals surface area contributed by atoms with E-state index >= 15 is 0 Å². The second-order valence-electron chi connectivity index (χ2n) is 5.75. The molecule has 2 aromatic heterocycles. The fraction of sp³-hybridized carbons (Fsp3) is 0.500. The van der Waals surface area contributed by atoms with Gasteiger partial charge < -0.3 is 9.47 Å². The number of carbonyl (C=O) groups is 1. The molecule has 24 heavy (non-hydrogen) atoms. The molecule has 0 N–H and O–H groups in total. The van der Waals surface area contributed by atoms with Gasteiger partial charge >= 0.3 is 6.18 Å². The molecular formula is C14H15ClF3N5O. The Morgan fingerprint density at radius 1 is 1.42 bits per heavy atom. The van der Waals surface area contributed by atoms with Crippen molar-refractivity contribution < 1.29 is 18.0 Å². The summed E-state index contributed by atoms with van der Waals surface area (Å²) in [5, 5.41) is 2.70. The van der Waals surface area contributed by atoms with Crippen LogP contribution in [0.5, 0.6) is 0 Å². The van der Waals surface area contributed by atoms with E-state index in [1.165, 1.54) is 11.9 Å². The van der Waals surface area contributed by atoms with Gasteiger partial charge in [0.1, 0.15) is 16.5 Å². The number of rotatable bonds is 4. The maximum Gasteiger partial charge on any atom is 0.436 e. The molecule has 1 fully saturated rings. The molecular weight excluding hydrogens is 347 g/mol. The lowest BCUT2D eigenvalue weighted by molar-refractivity contribution is -0.141. The molecule has 130 valence electrons. The van der Waals surface area contributed by atoms with Crippen LogP contribution in [0, 0.1) is 0 Å². The summed E-state index contributed by atoms with van der Waals surface area (Å²) in [6.07, 6.45) is 0.236. The molecule has 0 atom stereocenters. The van der Waals surface area contributed by atoms with Crippen LogP contribution in [-0.2, 0) is 26.8 Å². The number of hydrogen-bond acceptors (Lipinski definition) is 3. The average Bonchev–Trinajstić information content (AvgIpc) is 3.16. The Morgan fingerprint density at radius 3 is 2.54 bits per heavy atom. The maximum absolute atomic E-state index is 12.9.